The van der Waals surface area contributed by atoms with Gasteiger partial charge in [-0.1, -0.05) is 37.3 Å². The van der Waals surface area contributed by atoms with Crippen LogP contribution < -0.4 is 10.6 Å². The molecule has 0 spiro atoms. The van der Waals surface area contributed by atoms with Gasteiger partial charge in [-0.3, -0.25) is 9.48 Å². The summed E-state index contributed by atoms with van der Waals surface area (Å²) in [6.07, 6.45) is 2.86. The van der Waals surface area contributed by atoms with E-state index in [9.17, 15) is 4.79 Å². The molecular weight excluding hydrogens is 276 g/mol. The third kappa shape index (κ3) is 4.10. The number of hydrogen-bond donors (Lipinski definition) is 2. The quantitative estimate of drug-likeness (QED) is 0.826. The summed E-state index contributed by atoms with van der Waals surface area (Å²) in [5.41, 5.74) is 1.20. The van der Waals surface area contributed by atoms with E-state index in [1.165, 1.54) is 5.56 Å². The fraction of sp³-hybridized carbons (Fsp3) is 0.412. The van der Waals surface area contributed by atoms with Crippen LogP contribution in [0.5, 0.6) is 0 Å². The van der Waals surface area contributed by atoms with E-state index in [2.05, 4.69) is 34.8 Å². The highest BCUT2D eigenvalue weighted by Gasteiger charge is 2.14. The highest BCUT2D eigenvalue weighted by molar-refractivity contribution is 5.83. The average molecular weight is 300 g/mol. The van der Waals surface area contributed by atoms with E-state index in [0.29, 0.717) is 12.4 Å². The third-order valence-electron chi connectivity index (χ3n) is 3.59. The summed E-state index contributed by atoms with van der Waals surface area (Å²) in [4.78, 5) is 11.9. The van der Waals surface area contributed by atoms with Crippen molar-refractivity contribution >= 4 is 11.7 Å². The van der Waals surface area contributed by atoms with E-state index >= 15 is 0 Å². The lowest BCUT2D eigenvalue weighted by Crippen LogP contribution is -2.38. The number of hydrogen-bond acceptors (Lipinski definition) is 3. The Labute approximate surface area is 131 Å². The SMILES string of the molecule is CCCNC(=O)C(C)Nc1ccn(C(C)c2ccccc2)n1. The Morgan fingerprint density at radius 1 is 1.23 bits per heavy atom. The fourth-order valence-electron chi connectivity index (χ4n) is 2.20. The van der Waals surface area contributed by atoms with Gasteiger partial charge in [0.05, 0.1) is 6.04 Å². The number of carbonyl (C=O) groups excluding carboxylic acids is 1. The summed E-state index contributed by atoms with van der Waals surface area (Å²) in [5, 5.41) is 10.5. The summed E-state index contributed by atoms with van der Waals surface area (Å²) in [6.45, 7) is 6.67. The molecule has 0 bridgehead atoms. The summed E-state index contributed by atoms with van der Waals surface area (Å²) in [6, 6.07) is 12.0. The molecule has 118 valence electrons. The highest BCUT2D eigenvalue weighted by atomic mass is 16.2. The van der Waals surface area contributed by atoms with Crippen molar-refractivity contribution < 1.29 is 4.79 Å². The molecule has 0 saturated carbocycles. The molecular formula is C17H24N4O. The van der Waals surface area contributed by atoms with E-state index in [1.807, 2.05) is 49.0 Å². The lowest BCUT2D eigenvalue weighted by Gasteiger charge is -2.14. The van der Waals surface area contributed by atoms with E-state index in [-0.39, 0.29) is 18.0 Å². The van der Waals surface area contributed by atoms with Crippen LogP contribution in [0.3, 0.4) is 0 Å². The van der Waals surface area contributed by atoms with Gasteiger partial charge in [0.15, 0.2) is 0 Å². The van der Waals surface area contributed by atoms with Crippen LogP contribution >= 0.6 is 0 Å². The van der Waals surface area contributed by atoms with Crippen molar-refractivity contribution in [1.29, 1.82) is 0 Å². The molecule has 2 aromatic rings. The largest absolute Gasteiger partial charge is 0.357 e. The van der Waals surface area contributed by atoms with Crippen molar-refractivity contribution in [1.82, 2.24) is 15.1 Å². The number of carbonyl (C=O) groups is 1. The lowest BCUT2D eigenvalue weighted by atomic mass is 10.1. The van der Waals surface area contributed by atoms with Crippen LogP contribution in [0.4, 0.5) is 5.82 Å². The first-order valence-electron chi connectivity index (χ1n) is 7.76. The molecule has 22 heavy (non-hydrogen) atoms. The first-order valence-corrected chi connectivity index (χ1v) is 7.76. The maximum absolute atomic E-state index is 11.9. The Bertz CT molecular complexity index is 594. The van der Waals surface area contributed by atoms with Crippen LogP contribution in [0.15, 0.2) is 42.6 Å². The van der Waals surface area contributed by atoms with Gasteiger partial charge < -0.3 is 10.6 Å². The molecule has 0 aliphatic rings. The molecule has 5 nitrogen and oxygen atoms in total. The summed E-state index contributed by atoms with van der Waals surface area (Å²) >= 11 is 0. The van der Waals surface area contributed by atoms with Gasteiger partial charge in [0.2, 0.25) is 5.91 Å². The molecule has 2 rings (SSSR count). The zero-order valence-electron chi connectivity index (χ0n) is 13.4. The Morgan fingerprint density at radius 3 is 2.64 bits per heavy atom. The standard InChI is InChI=1S/C17H24N4O/c1-4-11-18-17(22)13(2)19-16-10-12-21(20-16)14(3)15-8-6-5-7-9-15/h5-10,12-14H,4,11H2,1-3H3,(H,18,22)(H,19,20). The maximum Gasteiger partial charge on any atom is 0.242 e. The Balaban J connectivity index is 1.98. The molecule has 1 heterocycles. The van der Waals surface area contributed by atoms with Gasteiger partial charge >= 0.3 is 0 Å². The molecule has 2 N–H and O–H groups in total. The van der Waals surface area contributed by atoms with E-state index < -0.39 is 0 Å². The maximum atomic E-state index is 11.9. The molecule has 1 amide bonds. The lowest BCUT2D eigenvalue weighted by molar-refractivity contribution is -0.121. The van der Waals surface area contributed by atoms with Gasteiger partial charge in [0, 0.05) is 18.8 Å². The van der Waals surface area contributed by atoms with Gasteiger partial charge in [0.1, 0.15) is 11.9 Å². The van der Waals surface area contributed by atoms with Crippen molar-refractivity contribution in [3.63, 3.8) is 0 Å². The number of nitrogens with one attached hydrogen (secondary N) is 2. The molecule has 1 aromatic heterocycles. The molecule has 0 aliphatic heterocycles. The molecule has 1 aromatic carbocycles. The third-order valence-corrected chi connectivity index (χ3v) is 3.59. The van der Waals surface area contributed by atoms with Gasteiger partial charge in [0.25, 0.3) is 0 Å². The molecule has 0 radical (unpaired) electrons. The number of aromatic nitrogens is 2. The minimum absolute atomic E-state index is 0.00694. The van der Waals surface area contributed by atoms with Gasteiger partial charge in [-0.25, -0.2) is 0 Å². The molecule has 2 unspecified atom stereocenters. The number of nitrogens with zero attached hydrogens (tertiary/aromatic N) is 2. The van der Waals surface area contributed by atoms with Gasteiger partial charge in [-0.15, -0.1) is 0 Å². The fourth-order valence-corrected chi connectivity index (χ4v) is 2.20. The second-order valence-corrected chi connectivity index (χ2v) is 5.42. The van der Waals surface area contributed by atoms with E-state index in [0.717, 1.165) is 6.42 Å². The second kappa shape index (κ2) is 7.64. The van der Waals surface area contributed by atoms with Crippen molar-refractivity contribution in [2.75, 3.05) is 11.9 Å². The number of amides is 1. The van der Waals surface area contributed by atoms with Gasteiger partial charge in [-0.05, 0) is 25.8 Å². The Morgan fingerprint density at radius 2 is 1.95 bits per heavy atom. The first kappa shape index (κ1) is 16.1. The molecule has 0 aliphatic carbocycles. The van der Waals surface area contributed by atoms with E-state index in [1.54, 1.807) is 0 Å². The van der Waals surface area contributed by atoms with Crippen molar-refractivity contribution in [2.24, 2.45) is 0 Å². The number of benzene rings is 1. The van der Waals surface area contributed by atoms with Gasteiger partial charge in [-0.2, -0.15) is 5.10 Å². The zero-order chi connectivity index (χ0) is 15.9. The number of anilines is 1. The smallest absolute Gasteiger partial charge is 0.242 e. The molecule has 5 heteroatoms. The highest BCUT2D eigenvalue weighted by Crippen LogP contribution is 2.18. The van der Waals surface area contributed by atoms with Crippen molar-refractivity contribution in [2.45, 2.75) is 39.3 Å². The summed E-state index contributed by atoms with van der Waals surface area (Å²) < 4.78 is 1.90. The molecule has 2 atom stereocenters. The minimum atomic E-state index is -0.304. The Hall–Kier alpha value is -2.30. The topological polar surface area (TPSA) is 59.0 Å². The first-order chi connectivity index (χ1) is 10.6. The van der Waals surface area contributed by atoms with Crippen LogP contribution in [0.2, 0.25) is 0 Å². The number of rotatable bonds is 7. The van der Waals surface area contributed by atoms with Crippen molar-refractivity contribution in [3.05, 3.63) is 48.2 Å². The van der Waals surface area contributed by atoms with Crippen LogP contribution in [0.25, 0.3) is 0 Å². The van der Waals surface area contributed by atoms with Crippen LogP contribution in [-0.4, -0.2) is 28.3 Å². The monoisotopic (exact) mass is 300 g/mol. The van der Waals surface area contributed by atoms with Crippen LogP contribution in [0, 0.1) is 0 Å². The second-order valence-electron chi connectivity index (χ2n) is 5.42. The zero-order valence-corrected chi connectivity index (χ0v) is 13.4. The normalized spacial score (nSPS) is 13.4. The minimum Gasteiger partial charge on any atom is -0.357 e. The van der Waals surface area contributed by atoms with Crippen LogP contribution in [-0.2, 0) is 4.79 Å². The predicted octanol–water partition coefficient (Wildman–Crippen LogP) is 2.82. The van der Waals surface area contributed by atoms with Crippen molar-refractivity contribution in [3.8, 4) is 0 Å². The predicted molar refractivity (Wildman–Crippen MR) is 88.9 cm³/mol. The van der Waals surface area contributed by atoms with Crippen LogP contribution in [0.1, 0.15) is 38.8 Å². The molecule has 0 fully saturated rings. The molecule has 0 saturated heterocycles. The Kier molecular flexibility index (Phi) is 5.58. The summed E-state index contributed by atoms with van der Waals surface area (Å²) in [7, 11) is 0. The summed E-state index contributed by atoms with van der Waals surface area (Å²) in [5.74, 6) is 0.703. The average Bonchev–Trinajstić information content (AvgIpc) is 3.01. The van der Waals surface area contributed by atoms with E-state index in [4.69, 9.17) is 0 Å².